The molecule has 36 heavy (non-hydrogen) atoms. The summed E-state index contributed by atoms with van der Waals surface area (Å²) in [5, 5.41) is 16.4. The van der Waals surface area contributed by atoms with E-state index in [0.29, 0.717) is 24.5 Å². The van der Waals surface area contributed by atoms with Crippen LogP contribution in [0.1, 0.15) is 49.8 Å². The largest absolute Gasteiger partial charge is 0.417 e. The molecule has 0 spiro atoms. The molecule has 0 fully saturated rings. The number of nitrogens with one attached hydrogen (secondary N) is 1. The van der Waals surface area contributed by atoms with Gasteiger partial charge in [-0.1, -0.05) is 24.3 Å². The van der Waals surface area contributed by atoms with Gasteiger partial charge in [0, 0.05) is 43.7 Å². The Kier molecular flexibility index (Phi) is 6.66. The predicted molar refractivity (Wildman–Crippen MR) is 126 cm³/mol. The molecule has 10 heteroatoms. The molecule has 0 atom stereocenters. The van der Waals surface area contributed by atoms with E-state index in [4.69, 9.17) is 5.26 Å². The summed E-state index contributed by atoms with van der Waals surface area (Å²) in [6.45, 7) is 3.97. The lowest BCUT2D eigenvalue weighted by Gasteiger charge is -2.12. The molecule has 0 bridgehead atoms. The Morgan fingerprint density at radius 1 is 1.11 bits per heavy atom. The van der Waals surface area contributed by atoms with Crippen molar-refractivity contribution in [3.05, 3.63) is 99.9 Å². The summed E-state index contributed by atoms with van der Waals surface area (Å²) in [6, 6.07) is 12.9. The molecule has 0 saturated carbocycles. The summed E-state index contributed by atoms with van der Waals surface area (Å²) in [5.41, 5.74) is 3.08. The number of imidazole rings is 1. The summed E-state index contributed by atoms with van der Waals surface area (Å²) in [4.78, 5) is 16.3. The van der Waals surface area contributed by atoms with Gasteiger partial charge in [-0.05, 0) is 43.2 Å². The molecule has 4 rings (SSSR count). The van der Waals surface area contributed by atoms with Crippen molar-refractivity contribution in [2.45, 2.75) is 33.0 Å². The molecular formula is C26H23F3N6O. The number of nitrogens with zero attached hydrogens (tertiary/aromatic N) is 5. The minimum Gasteiger partial charge on any atom is -0.345 e. The first kappa shape index (κ1) is 24.7. The Morgan fingerprint density at radius 2 is 1.81 bits per heavy atom. The third kappa shape index (κ3) is 5.00. The van der Waals surface area contributed by atoms with Crippen molar-refractivity contribution in [2.75, 3.05) is 0 Å². The van der Waals surface area contributed by atoms with E-state index in [1.165, 1.54) is 16.8 Å². The lowest BCUT2D eigenvalue weighted by Crippen LogP contribution is -2.25. The van der Waals surface area contributed by atoms with Crippen LogP contribution in [-0.2, 0) is 26.2 Å². The fourth-order valence-corrected chi connectivity index (χ4v) is 4.00. The lowest BCUT2D eigenvalue weighted by atomic mass is 10.0. The van der Waals surface area contributed by atoms with Crippen LogP contribution < -0.4 is 5.32 Å². The fraction of sp³-hybridized carbons (Fsp3) is 0.231. The Hall–Kier alpha value is -4.39. The maximum absolute atomic E-state index is 13.4. The van der Waals surface area contributed by atoms with Crippen molar-refractivity contribution in [1.29, 1.82) is 5.26 Å². The number of carbonyl (C=O) groups is 1. The average molecular weight is 493 g/mol. The second-order valence-electron chi connectivity index (χ2n) is 8.44. The summed E-state index contributed by atoms with van der Waals surface area (Å²) < 4.78 is 43.4. The Morgan fingerprint density at radius 3 is 2.42 bits per heavy atom. The van der Waals surface area contributed by atoms with Gasteiger partial charge in [-0.2, -0.15) is 23.5 Å². The van der Waals surface area contributed by atoms with Crippen molar-refractivity contribution in [3.63, 3.8) is 0 Å². The monoisotopic (exact) mass is 492 g/mol. The minimum atomic E-state index is -4.64. The number of amides is 1. The Balaban J connectivity index is 1.50. The molecule has 184 valence electrons. The zero-order valence-corrected chi connectivity index (χ0v) is 19.9. The normalized spacial score (nSPS) is 11.4. The van der Waals surface area contributed by atoms with Crippen LogP contribution in [0.15, 0.2) is 54.9 Å². The van der Waals surface area contributed by atoms with Gasteiger partial charge in [-0.25, -0.2) is 9.67 Å². The number of aromatic nitrogens is 4. The summed E-state index contributed by atoms with van der Waals surface area (Å²) in [6.07, 6.45) is -0.836. The second kappa shape index (κ2) is 9.70. The highest BCUT2D eigenvalue weighted by molar-refractivity contribution is 5.90. The number of alkyl halides is 3. The second-order valence-corrected chi connectivity index (χ2v) is 8.44. The van der Waals surface area contributed by atoms with Gasteiger partial charge in [0.1, 0.15) is 0 Å². The van der Waals surface area contributed by atoms with Gasteiger partial charge < -0.3 is 9.88 Å². The highest BCUT2D eigenvalue weighted by atomic mass is 19.4. The molecule has 0 aliphatic heterocycles. The SMILES string of the molecule is Cc1nn(-c2ccc(C#N)c(C(F)(F)F)c2)c(C)c1Cc1ccc(CNC(=O)c2nccn2C)cc1. The first-order chi connectivity index (χ1) is 17.1. The van der Waals surface area contributed by atoms with Gasteiger partial charge >= 0.3 is 6.18 Å². The molecule has 4 aromatic rings. The van der Waals surface area contributed by atoms with Crippen LogP contribution in [0, 0.1) is 25.2 Å². The van der Waals surface area contributed by atoms with Crippen molar-refractivity contribution in [1.82, 2.24) is 24.6 Å². The first-order valence-electron chi connectivity index (χ1n) is 11.1. The molecule has 2 heterocycles. The number of nitriles is 1. The molecule has 0 unspecified atom stereocenters. The Bertz CT molecular complexity index is 1460. The van der Waals surface area contributed by atoms with Gasteiger partial charge in [0.2, 0.25) is 0 Å². The molecule has 0 radical (unpaired) electrons. The standard InChI is InChI=1S/C26H23F3N6O/c1-16-22(17(2)35(33-16)21-9-8-20(14-30)23(13-21)26(27,28)29)12-18-4-6-19(7-5-18)15-32-25(36)24-31-10-11-34(24)3/h4-11,13H,12,15H2,1-3H3,(H,32,36). The van der Waals surface area contributed by atoms with Gasteiger partial charge in [-0.3, -0.25) is 4.79 Å². The molecule has 1 N–H and O–H groups in total. The van der Waals surface area contributed by atoms with Crippen LogP contribution in [0.25, 0.3) is 5.69 Å². The average Bonchev–Trinajstić information content (AvgIpc) is 3.40. The zero-order chi connectivity index (χ0) is 26.0. The summed E-state index contributed by atoms with van der Waals surface area (Å²) in [7, 11) is 1.75. The molecule has 0 aliphatic carbocycles. The number of halogens is 3. The molecule has 0 aliphatic rings. The molecule has 7 nitrogen and oxygen atoms in total. The lowest BCUT2D eigenvalue weighted by molar-refractivity contribution is -0.137. The van der Waals surface area contributed by atoms with Crippen molar-refractivity contribution in [3.8, 4) is 11.8 Å². The fourth-order valence-electron chi connectivity index (χ4n) is 4.00. The number of rotatable bonds is 6. The highest BCUT2D eigenvalue weighted by Gasteiger charge is 2.34. The first-order valence-corrected chi connectivity index (χ1v) is 11.1. The van der Waals surface area contributed by atoms with E-state index < -0.39 is 17.3 Å². The number of benzene rings is 2. The van der Waals surface area contributed by atoms with Gasteiger partial charge in [0.05, 0.1) is 28.6 Å². The maximum atomic E-state index is 13.4. The third-order valence-corrected chi connectivity index (χ3v) is 6.00. The van der Waals surface area contributed by atoms with Crippen LogP contribution >= 0.6 is 0 Å². The topological polar surface area (TPSA) is 88.5 Å². The molecule has 2 aromatic carbocycles. The number of hydrogen-bond acceptors (Lipinski definition) is 4. The van der Waals surface area contributed by atoms with E-state index in [-0.39, 0.29) is 11.6 Å². The molecule has 2 aromatic heterocycles. The van der Waals surface area contributed by atoms with Gasteiger partial charge in [0.15, 0.2) is 5.82 Å². The van der Waals surface area contributed by atoms with Gasteiger partial charge in [-0.15, -0.1) is 0 Å². The molecule has 0 saturated heterocycles. The number of carbonyl (C=O) groups excluding carboxylic acids is 1. The van der Waals surface area contributed by atoms with E-state index in [2.05, 4.69) is 15.4 Å². The maximum Gasteiger partial charge on any atom is 0.417 e. The minimum absolute atomic E-state index is 0.243. The van der Waals surface area contributed by atoms with E-state index in [1.807, 2.05) is 38.1 Å². The number of hydrogen-bond donors (Lipinski definition) is 1. The molecule has 1 amide bonds. The van der Waals surface area contributed by atoms with E-state index in [0.717, 1.165) is 28.5 Å². The van der Waals surface area contributed by atoms with Crippen molar-refractivity contribution >= 4 is 5.91 Å². The molecular weight excluding hydrogens is 469 g/mol. The van der Waals surface area contributed by atoms with Crippen LogP contribution in [0.5, 0.6) is 0 Å². The Labute approximate surface area is 205 Å². The van der Waals surface area contributed by atoms with E-state index in [9.17, 15) is 18.0 Å². The summed E-state index contributed by atoms with van der Waals surface area (Å²) >= 11 is 0. The quantitative estimate of drug-likeness (QED) is 0.425. The van der Waals surface area contributed by atoms with Crippen LogP contribution in [-0.4, -0.2) is 25.2 Å². The predicted octanol–water partition coefficient (Wildman–Crippen LogP) is 4.63. The van der Waals surface area contributed by atoms with E-state index >= 15 is 0 Å². The van der Waals surface area contributed by atoms with Crippen LogP contribution in [0.2, 0.25) is 0 Å². The van der Waals surface area contributed by atoms with Gasteiger partial charge in [0.25, 0.3) is 5.91 Å². The zero-order valence-electron chi connectivity index (χ0n) is 19.9. The third-order valence-electron chi connectivity index (χ3n) is 6.00. The van der Waals surface area contributed by atoms with Crippen molar-refractivity contribution < 1.29 is 18.0 Å². The van der Waals surface area contributed by atoms with Crippen molar-refractivity contribution in [2.24, 2.45) is 7.05 Å². The van der Waals surface area contributed by atoms with E-state index in [1.54, 1.807) is 30.1 Å². The number of aryl methyl sites for hydroxylation is 2. The highest BCUT2D eigenvalue weighted by Crippen LogP contribution is 2.33. The van der Waals surface area contributed by atoms with Crippen LogP contribution in [0.3, 0.4) is 0 Å². The van der Waals surface area contributed by atoms with Crippen LogP contribution in [0.4, 0.5) is 13.2 Å². The summed E-state index contributed by atoms with van der Waals surface area (Å²) in [5.74, 6) is 0.0703. The smallest absolute Gasteiger partial charge is 0.345 e.